The lowest BCUT2D eigenvalue weighted by Gasteiger charge is -2.19. The van der Waals surface area contributed by atoms with Gasteiger partial charge >= 0.3 is 0 Å². The Morgan fingerprint density at radius 3 is 2.67 bits per heavy atom. The molecule has 0 saturated carbocycles. The fourth-order valence-corrected chi connectivity index (χ4v) is 2.68. The Balaban J connectivity index is 1.85. The number of hydrogen-bond donors (Lipinski definition) is 3. The Morgan fingerprint density at radius 1 is 1.29 bits per heavy atom. The second-order valence-electron chi connectivity index (χ2n) is 5.78. The van der Waals surface area contributed by atoms with Crippen LogP contribution in [-0.4, -0.2) is 39.4 Å². The van der Waals surface area contributed by atoms with Gasteiger partial charge in [-0.1, -0.05) is 6.07 Å². The molecule has 21 heavy (non-hydrogen) atoms. The molecule has 1 aliphatic heterocycles. The lowest BCUT2D eigenvalue weighted by Crippen LogP contribution is -2.37. The molecule has 2 rings (SSSR count). The van der Waals surface area contributed by atoms with Crippen LogP contribution in [0.1, 0.15) is 19.4 Å². The minimum atomic E-state index is 0.427. The van der Waals surface area contributed by atoms with Gasteiger partial charge in [-0.2, -0.15) is 0 Å². The van der Waals surface area contributed by atoms with Crippen molar-refractivity contribution in [3.8, 4) is 11.5 Å². The lowest BCUT2D eigenvalue weighted by atomic mass is 10.0. The summed E-state index contributed by atoms with van der Waals surface area (Å²) in [5.41, 5.74) is 7.71. The molecule has 1 fully saturated rings. The normalized spacial score (nSPS) is 23.0. The molecule has 5 heteroatoms. The lowest BCUT2D eigenvalue weighted by molar-refractivity contribution is 0.354. The van der Waals surface area contributed by atoms with Crippen molar-refractivity contribution in [1.82, 2.24) is 16.2 Å². The zero-order chi connectivity index (χ0) is 15.2. The molecule has 0 radical (unpaired) electrons. The van der Waals surface area contributed by atoms with Gasteiger partial charge in [0.05, 0.1) is 14.2 Å². The van der Waals surface area contributed by atoms with Crippen molar-refractivity contribution in [3.63, 3.8) is 0 Å². The van der Waals surface area contributed by atoms with Crippen LogP contribution in [0.5, 0.6) is 11.5 Å². The minimum absolute atomic E-state index is 0.427. The average molecular weight is 293 g/mol. The summed E-state index contributed by atoms with van der Waals surface area (Å²) in [6, 6.07) is 7.06. The van der Waals surface area contributed by atoms with Gasteiger partial charge in [0, 0.05) is 31.1 Å². The van der Waals surface area contributed by atoms with E-state index in [0.717, 1.165) is 31.0 Å². The van der Waals surface area contributed by atoms with Gasteiger partial charge in [0.25, 0.3) is 0 Å². The molecule has 0 bridgehead atoms. The van der Waals surface area contributed by atoms with Crippen molar-refractivity contribution in [1.29, 1.82) is 0 Å². The Hall–Kier alpha value is -1.30. The van der Waals surface area contributed by atoms with Gasteiger partial charge in [0.15, 0.2) is 11.5 Å². The van der Waals surface area contributed by atoms with Crippen molar-refractivity contribution in [2.75, 3.05) is 27.3 Å². The standard InChI is InChI=1S/C16H27N3O2/c1-11(17-9-14-10-18-19-12(14)2)7-13-5-6-15(20-3)16(8-13)21-4/h5-6,8,11-12,14,17-19H,7,9-10H2,1-4H3. The smallest absolute Gasteiger partial charge is 0.160 e. The fraction of sp³-hybridized carbons (Fsp3) is 0.625. The molecule has 5 nitrogen and oxygen atoms in total. The topological polar surface area (TPSA) is 54.5 Å². The van der Waals surface area contributed by atoms with E-state index in [-0.39, 0.29) is 0 Å². The van der Waals surface area contributed by atoms with Gasteiger partial charge in [0.2, 0.25) is 0 Å². The van der Waals surface area contributed by atoms with Crippen molar-refractivity contribution in [3.05, 3.63) is 23.8 Å². The zero-order valence-electron chi connectivity index (χ0n) is 13.4. The van der Waals surface area contributed by atoms with Crippen LogP contribution in [0.3, 0.4) is 0 Å². The van der Waals surface area contributed by atoms with Crippen LogP contribution in [0.15, 0.2) is 18.2 Å². The molecular formula is C16H27N3O2. The van der Waals surface area contributed by atoms with Gasteiger partial charge in [-0.15, -0.1) is 0 Å². The Morgan fingerprint density at radius 2 is 2.05 bits per heavy atom. The highest BCUT2D eigenvalue weighted by atomic mass is 16.5. The van der Waals surface area contributed by atoms with Crippen LogP contribution >= 0.6 is 0 Å². The fourth-order valence-electron chi connectivity index (χ4n) is 2.68. The van der Waals surface area contributed by atoms with Crippen molar-refractivity contribution < 1.29 is 9.47 Å². The van der Waals surface area contributed by atoms with Crippen LogP contribution in [0.4, 0.5) is 0 Å². The molecular weight excluding hydrogens is 266 g/mol. The average Bonchev–Trinajstić information content (AvgIpc) is 2.90. The van der Waals surface area contributed by atoms with Crippen molar-refractivity contribution in [2.45, 2.75) is 32.4 Å². The number of ether oxygens (including phenoxy) is 2. The third-order valence-corrected chi connectivity index (χ3v) is 4.12. The van der Waals surface area contributed by atoms with E-state index in [9.17, 15) is 0 Å². The van der Waals surface area contributed by atoms with Gasteiger partial charge in [0.1, 0.15) is 0 Å². The number of rotatable bonds is 7. The van der Waals surface area contributed by atoms with Crippen LogP contribution < -0.4 is 25.6 Å². The largest absolute Gasteiger partial charge is 0.493 e. The summed E-state index contributed by atoms with van der Waals surface area (Å²) < 4.78 is 10.6. The van der Waals surface area contributed by atoms with E-state index in [1.807, 2.05) is 6.07 Å². The predicted octanol–water partition coefficient (Wildman–Crippen LogP) is 1.34. The van der Waals surface area contributed by atoms with Gasteiger partial charge in [-0.3, -0.25) is 10.9 Å². The third-order valence-electron chi connectivity index (χ3n) is 4.12. The first-order valence-electron chi connectivity index (χ1n) is 7.56. The zero-order valence-corrected chi connectivity index (χ0v) is 13.4. The second kappa shape index (κ2) is 7.64. The van der Waals surface area contributed by atoms with Crippen LogP contribution in [-0.2, 0) is 6.42 Å². The molecule has 3 atom stereocenters. The molecule has 1 aromatic carbocycles. The van der Waals surface area contributed by atoms with E-state index in [1.165, 1.54) is 5.56 Å². The SMILES string of the molecule is COc1ccc(CC(C)NCC2CNNC2C)cc1OC. The molecule has 1 aliphatic rings. The molecule has 1 saturated heterocycles. The Labute approximate surface area is 127 Å². The molecule has 1 aromatic rings. The van der Waals surface area contributed by atoms with E-state index in [4.69, 9.17) is 9.47 Å². The summed E-state index contributed by atoms with van der Waals surface area (Å²) in [4.78, 5) is 0. The summed E-state index contributed by atoms with van der Waals surface area (Å²) in [6.07, 6.45) is 0.975. The van der Waals surface area contributed by atoms with Crippen molar-refractivity contribution >= 4 is 0 Å². The van der Waals surface area contributed by atoms with Gasteiger partial charge in [-0.05, 0) is 38.0 Å². The summed E-state index contributed by atoms with van der Waals surface area (Å²) in [5.74, 6) is 2.21. The minimum Gasteiger partial charge on any atom is -0.493 e. The van der Waals surface area contributed by atoms with Crippen LogP contribution in [0.2, 0.25) is 0 Å². The maximum absolute atomic E-state index is 5.35. The molecule has 0 spiro atoms. The van der Waals surface area contributed by atoms with Crippen LogP contribution in [0.25, 0.3) is 0 Å². The highest BCUT2D eigenvalue weighted by Crippen LogP contribution is 2.27. The summed E-state index contributed by atoms with van der Waals surface area (Å²) in [6.45, 7) is 6.48. The highest BCUT2D eigenvalue weighted by Gasteiger charge is 2.22. The molecule has 0 amide bonds. The monoisotopic (exact) mass is 293 g/mol. The number of hydrogen-bond acceptors (Lipinski definition) is 5. The quantitative estimate of drug-likeness (QED) is 0.708. The van der Waals surface area contributed by atoms with E-state index in [0.29, 0.717) is 18.0 Å². The van der Waals surface area contributed by atoms with E-state index in [1.54, 1.807) is 14.2 Å². The third kappa shape index (κ3) is 4.33. The maximum atomic E-state index is 5.35. The van der Waals surface area contributed by atoms with Gasteiger partial charge in [-0.25, -0.2) is 0 Å². The first-order chi connectivity index (χ1) is 10.1. The first kappa shape index (κ1) is 16.1. The van der Waals surface area contributed by atoms with Crippen LogP contribution in [0, 0.1) is 5.92 Å². The molecule has 3 unspecified atom stereocenters. The second-order valence-corrected chi connectivity index (χ2v) is 5.78. The molecule has 118 valence electrons. The molecule has 3 N–H and O–H groups in total. The summed E-state index contributed by atoms with van der Waals surface area (Å²) in [7, 11) is 3.33. The number of nitrogens with one attached hydrogen (secondary N) is 3. The molecule has 1 heterocycles. The van der Waals surface area contributed by atoms with Crippen molar-refractivity contribution in [2.24, 2.45) is 5.92 Å². The maximum Gasteiger partial charge on any atom is 0.160 e. The first-order valence-corrected chi connectivity index (χ1v) is 7.56. The molecule has 0 aliphatic carbocycles. The summed E-state index contributed by atoms with van der Waals surface area (Å²) in [5, 5.41) is 3.62. The number of benzene rings is 1. The van der Waals surface area contributed by atoms with E-state index in [2.05, 4.69) is 42.1 Å². The van der Waals surface area contributed by atoms with Gasteiger partial charge < -0.3 is 14.8 Å². The predicted molar refractivity (Wildman–Crippen MR) is 84.8 cm³/mol. The Bertz CT molecular complexity index is 453. The van der Waals surface area contributed by atoms with E-state index < -0.39 is 0 Å². The highest BCUT2D eigenvalue weighted by molar-refractivity contribution is 5.43. The Kier molecular flexibility index (Phi) is 5.85. The van der Waals surface area contributed by atoms with E-state index >= 15 is 0 Å². The number of hydrazine groups is 1. The summed E-state index contributed by atoms with van der Waals surface area (Å²) >= 11 is 0. The number of methoxy groups -OCH3 is 2. The molecule has 0 aromatic heterocycles.